The van der Waals surface area contributed by atoms with Crippen molar-refractivity contribution in [1.29, 1.82) is 0 Å². The van der Waals surface area contributed by atoms with Gasteiger partial charge in [0.2, 0.25) is 6.29 Å². The van der Waals surface area contributed by atoms with Gasteiger partial charge in [-0.05, 0) is 35.9 Å². The van der Waals surface area contributed by atoms with Gasteiger partial charge in [-0.2, -0.15) is 0 Å². The lowest BCUT2D eigenvalue weighted by Gasteiger charge is -2.39. The zero-order chi connectivity index (χ0) is 21.8. The van der Waals surface area contributed by atoms with Gasteiger partial charge in [0.05, 0.1) is 12.2 Å². The normalized spacial score (nSPS) is 26.6. The van der Waals surface area contributed by atoms with Crippen LogP contribution in [0.4, 0.5) is 0 Å². The van der Waals surface area contributed by atoms with E-state index >= 15 is 0 Å². The number of hydrogen-bond donors (Lipinski definition) is 6. The summed E-state index contributed by atoms with van der Waals surface area (Å²) >= 11 is 0. The topological polar surface area (TPSA) is 157 Å². The molecule has 3 rings (SSSR count). The summed E-state index contributed by atoms with van der Waals surface area (Å²) in [6.07, 6.45) is -4.46. The van der Waals surface area contributed by atoms with Crippen molar-refractivity contribution >= 4 is 11.9 Å². The molecule has 0 unspecified atom stereocenters. The fourth-order valence-corrected chi connectivity index (χ4v) is 2.94. The van der Waals surface area contributed by atoms with E-state index in [1.54, 1.807) is 12.1 Å². The minimum atomic E-state index is -1.60. The first-order valence-electron chi connectivity index (χ1n) is 9.12. The zero-order valence-electron chi connectivity index (χ0n) is 15.7. The molecule has 0 spiro atoms. The predicted molar refractivity (Wildman–Crippen MR) is 104 cm³/mol. The van der Waals surface area contributed by atoms with E-state index in [1.807, 2.05) is 0 Å². The van der Waals surface area contributed by atoms with Gasteiger partial charge in [0, 0.05) is 6.07 Å². The smallest absolute Gasteiger partial charge is 0.229 e. The number of rotatable bonds is 6. The Hall–Kier alpha value is -2.95. The monoisotopic (exact) mass is 418 g/mol. The van der Waals surface area contributed by atoms with Crippen LogP contribution in [0, 0.1) is 0 Å². The molecule has 160 valence electrons. The molecule has 1 aliphatic rings. The van der Waals surface area contributed by atoms with Crippen LogP contribution in [0.2, 0.25) is 0 Å². The molecular weight excluding hydrogens is 396 g/mol. The molecule has 5 atom stereocenters. The number of phenols is 2. The third-order valence-electron chi connectivity index (χ3n) is 4.66. The molecule has 1 heterocycles. The van der Waals surface area contributed by atoms with Crippen molar-refractivity contribution in [1.82, 2.24) is 0 Å². The third-order valence-corrected chi connectivity index (χ3v) is 4.66. The van der Waals surface area contributed by atoms with E-state index in [-0.39, 0.29) is 22.8 Å². The van der Waals surface area contributed by atoms with Gasteiger partial charge in [-0.15, -0.1) is 0 Å². The van der Waals surface area contributed by atoms with Gasteiger partial charge in [0.25, 0.3) is 0 Å². The molecule has 6 N–H and O–H groups in total. The second-order valence-corrected chi connectivity index (χ2v) is 6.78. The van der Waals surface area contributed by atoms with Crippen molar-refractivity contribution in [2.45, 2.75) is 30.7 Å². The van der Waals surface area contributed by atoms with Crippen LogP contribution >= 0.6 is 0 Å². The maximum atomic E-state index is 12.3. The number of benzene rings is 2. The largest absolute Gasteiger partial charge is 0.508 e. The van der Waals surface area contributed by atoms with Crippen molar-refractivity contribution in [3.05, 3.63) is 59.7 Å². The van der Waals surface area contributed by atoms with E-state index in [0.29, 0.717) is 5.56 Å². The SMILES string of the molecule is O=C(/C=C/c1ccc(O)cc1)c1ccc(O[C@H]2O[C@H](CO)[C@@H](O)[C@H](O)[C@H]2O)cc1O. The Balaban J connectivity index is 1.70. The van der Waals surface area contributed by atoms with Gasteiger partial charge in [0.15, 0.2) is 5.78 Å². The first kappa shape index (κ1) is 21.8. The maximum Gasteiger partial charge on any atom is 0.229 e. The Morgan fingerprint density at radius 3 is 2.33 bits per heavy atom. The Kier molecular flexibility index (Phi) is 6.70. The molecule has 9 heteroatoms. The molecule has 30 heavy (non-hydrogen) atoms. The Morgan fingerprint density at radius 1 is 1.00 bits per heavy atom. The number of ether oxygens (including phenoxy) is 2. The molecule has 0 amide bonds. The van der Waals surface area contributed by atoms with Crippen LogP contribution in [0.3, 0.4) is 0 Å². The van der Waals surface area contributed by atoms with Crippen LogP contribution in [-0.4, -0.2) is 73.7 Å². The number of hydrogen-bond acceptors (Lipinski definition) is 9. The van der Waals surface area contributed by atoms with E-state index < -0.39 is 43.1 Å². The standard InChI is InChI=1S/C21H22O9/c22-10-17-18(26)19(27)20(28)21(30-17)29-13-6-7-14(16(25)9-13)15(24)8-3-11-1-4-12(23)5-2-11/h1-9,17-23,25-28H,10H2/b8-3+/t17-,18-,19+,20-,21+/m1/s1. The number of carbonyl (C=O) groups excluding carboxylic acids is 1. The molecule has 0 bridgehead atoms. The fraction of sp³-hybridized carbons (Fsp3) is 0.286. The zero-order valence-corrected chi connectivity index (χ0v) is 15.7. The molecule has 1 saturated heterocycles. The second kappa shape index (κ2) is 9.24. The Morgan fingerprint density at radius 2 is 1.70 bits per heavy atom. The lowest BCUT2D eigenvalue weighted by Crippen LogP contribution is -2.60. The molecule has 0 saturated carbocycles. The van der Waals surface area contributed by atoms with Crippen LogP contribution in [0.15, 0.2) is 48.5 Å². The highest BCUT2D eigenvalue weighted by molar-refractivity contribution is 6.08. The first-order chi connectivity index (χ1) is 14.3. The number of phenolic OH excluding ortho intramolecular Hbond substituents is 2. The van der Waals surface area contributed by atoms with Crippen molar-refractivity contribution < 1.29 is 44.9 Å². The van der Waals surface area contributed by atoms with Gasteiger partial charge in [-0.3, -0.25) is 4.79 Å². The number of ketones is 1. The van der Waals surface area contributed by atoms with E-state index in [9.17, 15) is 35.4 Å². The van der Waals surface area contributed by atoms with Crippen LogP contribution in [0.5, 0.6) is 17.2 Å². The van der Waals surface area contributed by atoms with Crippen molar-refractivity contribution in [2.24, 2.45) is 0 Å². The summed E-state index contributed by atoms with van der Waals surface area (Å²) in [7, 11) is 0. The van der Waals surface area contributed by atoms with Crippen LogP contribution < -0.4 is 4.74 Å². The summed E-state index contributed by atoms with van der Waals surface area (Å²) in [5, 5.41) is 58.2. The molecule has 0 aromatic heterocycles. The van der Waals surface area contributed by atoms with Gasteiger partial charge in [-0.25, -0.2) is 0 Å². The quantitative estimate of drug-likeness (QED) is 0.284. The summed E-state index contributed by atoms with van der Waals surface area (Å²) in [6, 6.07) is 10.0. The van der Waals surface area contributed by atoms with Crippen LogP contribution in [0.25, 0.3) is 6.08 Å². The lowest BCUT2D eigenvalue weighted by molar-refractivity contribution is -0.277. The van der Waals surface area contributed by atoms with Crippen molar-refractivity contribution in [3.63, 3.8) is 0 Å². The minimum absolute atomic E-state index is 0.00572. The molecule has 0 aliphatic carbocycles. The highest BCUT2D eigenvalue weighted by Crippen LogP contribution is 2.28. The Bertz CT molecular complexity index is 907. The molecule has 1 aliphatic heterocycles. The average molecular weight is 418 g/mol. The molecular formula is C21H22O9. The lowest BCUT2D eigenvalue weighted by atomic mass is 9.99. The second-order valence-electron chi connectivity index (χ2n) is 6.78. The highest BCUT2D eigenvalue weighted by atomic mass is 16.7. The average Bonchev–Trinajstić information content (AvgIpc) is 2.73. The van der Waals surface area contributed by atoms with Gasteiger partial charge >= 0.3 is 0 Å². The number of carbonyl (C=O) groups is 1. The van der Waals surface area contributed by atoms with Crippen LogP contribution in [-0.2, 0) is 4.74 Å². The van der Waals surface area contributed by atoms with E-state index in [2.05, 4.69) is 0 Å². The molecule has 9 nitrogen and oxygen atoms in total. The number of aliphatic hydroxyl groups is 4. The predicted octanol–water partition coefficient (Wildman–Crippen LogP) is 0.173. The summed E-state index contributed by atoms with van der Waals surface area (Å²) < 4.78 is 10.6. The summed E-state index contributed by atoms with van der Waals surface area (Å²) in [4.78, 5) is 12.3. The summed E-state index contributed by atoms with van der Waals surface area (Å²) in [5.74, 6) is -0.709. The number of allylic oxidation sites excluding steroid dienone is 1. The first-order valence-corrected chi connectivity index (χ1v) is 9.12. The Labute approximate surface area is 171 Å². The minimum Gasteiger partial charge on any atom is -0.508 e. The summed E-state index contributed by atoms with van der Waals surface area (Å²) in [6.45, 7) is -0.600. The summed E-state index contributed by atoms with van der Waals surface area (Å²) in [5.41, 5.74) is 0.689. The van der Waals surface area contributed by atoms with E-state index in [4.69, 9.17) is 9.47 Å². The molecule has 2 aromatic carbocycles. The molecule has 1 fully saturated rings. The number of aromatic hydroxyl groups is 2. The third kappa shape index (κ3) is 4.78. The fourth-order valence-electron chi connectivity index (χ4n) is 2.94. The highest BCUT2D eigenvalue weighted by Gasteiger charge is 2.44. The molecule has 0 radical (unpaired) electrons. The maximum absolute atomic E-state index is 12.3. The van der Waals surface area contributed by atoms with Gasteiger partial charge in [-0.1, -0.05) is 18.2 Å². The van der Waals surface area contributed by atoms with Crippen molar-refractivity contribution in [3.8, 4) is 17.2 Å². The van der Waals surface area contributed by atoms with E-state index in [0.717, 1.165) is 6.07 Å². The van der Waals surface area contributed by atoms with Gasteiger partial charge in [0.1, 0.15) is 41.7 Å². The van der Waals surface area contributed by atoms with Crippen LogP contribution in [0.1, 0.15) is 15.9 Å². The van der Waals surface area contributed by atoms with E-state index in [1.165, 1.54) is 36.4 Å². The molecule has 2 aromatic rings. The number of aliphatic hydroxyl groups excluding tert-OH is 4. The van der Waals surface area contributed by atoms with Crippen molar-refractivity contribution in [2.75, 3.05) is 6.61 Å². The van der Waals surface area contributed by atoms with Gasteiger partial charge < -0.3 is 40.1 Å².